The first kappa shape index (κ1) is 16.0. The molecular weight excluding hydrogens is 353 g/mol. The maximum atomic E-state index is 12.7. The highest BCUT2D eigenvalue weighted by Gasteiger charge is 2.31. The van der Waals surface area contributed by atoms with E-state index in [4.69, 9.17) is 0 Å². The third kappa shape index (κ3) is 2.72. The van der Waals surface area contributed by atoms with E-state index < -0.39 is 11.9 Å². The lowest BCUT2D eigenvalue weighted by molar-refractivity contribution is -0.274. The molecule has 0 fully saturated rings. The van der Waals surface area contributed by atoms with Crippen molar-refractivity contribution >= 4 is 16.8 Å². The summed E-state index contributed by atoms with van der Waals surface area (Å²) in [5.41, 5.74) is 0.340. The van der Waals surface area contributed by atoms with Gasteiger partial charge in [-0.15, -0.1) is 28.5 Å². The molecule has 0 unspecified atom stereocenters. The lowest BCUT2D eigenvalue weighted by Gasteiger charge is -2.10. The monoisotopic (exact) mass is 362 g/mol. The number of pyridine rings is 1. The van der Waals surface area contributed by atoms with Crippen LogP contribution in [0.4, 0.5) is 13.2 Å². The fraction of sp³-hybridized carbons (Fsp3) is 0.133. The predicted molar refractivity (Wildman–Crippen MR) is 83.1 cm³/mol. The van der Waals surface area contributed by atoms with Crippen molar-refractivity contribution in [1.82, 2.24) is 29.4 Å². The molecule has 0 aliphatic heterocycles. The van der Waals surface area contributed by atoms with Gasteiger partial charge >= 0.3 is 6.36 Å². The molecule has 0 aliphatic rings. The Labute approximate surface area is 142 Å². The number of halogens is 3. The van der Waals surface area contributed by atoms with Crippen LogP contribution in [-0.2, 0) is 0 Å². The minimum Gasteiger partial charge on any atom is -0.406 e. The molecule has 11 heteroatoms. The van der Waals surface area contributed by atoms with Crippen LogP contribution in [0.3, 0.4) is 0 Å². The maximum absolute atomic E-state index is 12.7. The summed E-state index contributed by atoms with van der Waals surface area (Å²) in [5, 5.41) is 11.9. The van der Waals surface area contributed by atoms with Gasteiger partial charge in [0.05, 0.1) is 0 Å². The first-order valence-electron chi connectivity index (χ1n) is 7.29. The topological polar surface area (TPSA) is 87.2 Å². The van der Waals surface area contributed by atoms with Crippen LogP contribution in [0.25, 0.3) is 22.5 Å². The molecule has 0 bridgehead atoms. The zero-order valence-electron chi connectivity index (χ0n) is 13.1. The van der Waals surface area contributed by atoms with Gasteiger partial charge in [-0.2, -0.15) is 9.50 Å². The van der Waals surface area contributed by atoms with Crippen molar-refractivity contribution in [3.8, 4) is 11.4 Å². The highest BCUT2D eigenvalue weighted by atomic mass is 19.4. The van der Waals surface area contributed by atoms with Gasteiger partial charge in [-0.3, -0.25) is 9.36 Å². The molecule has 3 heterocycles. The third-order valence-corrected chi connectivity index (χ3v) is 3.56. The Balaban J connectivity index is 1.81. The van der Waals surface area contributed by atoms with Crippen LogP contribution in [0.2, 0.25) is 0 Å². The van der Waals surface area contributed by atoms with Gasteiger partial charge in [-0.1, -0.05) is 0 Å². The summed E-state index contributed by atoms with van der Waals surface area (Å²) in [6.07, 6.45) is -3.30. The molecular formula is C15H9F3N6O2. The number of hydrogen-bond donors (Lipinski definition) is 0. The summed E-state index contributed by atoms with van der Waals surface area (Å²) < 4.78 is 43.1. The van der Waals surface area contributed by atoms with Crippen LogP contribution in [0, 0.1) is 6.92 Å². The molecule has 1 aromatic carbocycles. The summed E-state index contributed by atoms with van der Waals surface area (Å²) >= 11 is 0. The highest BCUT2D eigenvalue weighted by Crippen LogP contribution is 2.23. The second-order valence-electron chi connectivity index (χ2n) is 5.34. The Morgan fingerprint density at radius 2 is 1.81 bits per heavy atom. The van der Waals surface area contributed by atoms with Crippen molar-refractivity contribution in [2.45, 2.75) is 13.3 Å². The van der Waals surface area contributed by atoms with Crippen molar-refractivity contribution in [3.63, 3.8) is 0 Å². The molecule has 0 amide bonds. The molecule has 26 heavy (non-hydrogen) atoms. The number of fused-ring (bicyclic) bond motifs is 3. The standard InChI is InChI=1S/C15H9F3N6O2/c1-8-19-14-21-20-12-11(24(14)22-8)6-7-23(13(12)25)9-2-4-10(5-3-9)26-15(16,17)18/h2-7H,1H3. The molecule has 4 aromatic rings. The number of nitrogens with zero attached hydrogens (tertiary/aromatic N) is 6. The maximum Gasteiger partial charge on any atom is 0.573 e. The van der Waals surface area contributed by atoms with Crippen LogP contribution < -0.4 is 10.3 Å². The summed E-state index contributed by atoms with van der Waals surface area (Å²) in [5.74, 6) is 0.367. The van der Waals surface area contributed by atoms with E-state index in [1.54, 1.807) is 13.0 Å². The summed E-state index contributed by atoms with van der Waals surface area (Å²) in [6, 6.07) is 6.51. The van der Waals surface area contributed by atoms with Gasteiger partial charge < -0.3 is 4.74 Å². The van der Waals surface area contributed by atoms with Crippen molar-refractivity contribution in [3.05, 3.63) is 52.7 Å². The van der Waals surface area contributed by atoms with E-state index in [9.17, 15) is 18.0 Å². The lowest BCUT2D eigenvalue weighted by atomic mass is 10.3. The molecule has 8 nitrogen and oxygen atoms in total. The largest absolute Gasteiger partial charge is 0.573 e. The molecule has 0 N–H and O–H groups in total. The Hall–Kier alpha value is -3.50. The Bertz CT molecular complexity index is 1180. The Morgan fingerprint density at radius 1 is 1.08 bits per heavy atom. The van der Waals surface area contributed by atoms with E-state index >= 15 is 0 Å². The van der Waals surface area contributed by atoms with E-state index in [0.29, 0.717) is 17.0 Å². The average Bonchev–Trinajstić information content (AvgIpc) is 2.95. The van der Waals surface area contributed by atoms with Gasteiger partial charge in [0.15, 0.2) is 5.52 Å². The van der Waals surface area contributed by atoms with E-state index in [2.05, 4.69) is 25.0 Å². The van der Waals surface area contributed by atoms with Gasteiger partial charge in [0, 0.05) is 11.9 Å². The van der Waals surface area contributed by atoms with Gasteiger partial charge in [-0.25, -0.2) is 0 Å². The normalized spacial score (nSPS) is 12.0. The van der Waals surface area contributed by atoms with E-state index in [0.717, 1.165) is 12.1 Å². The van der Waals surface area contributed by atoms with Gasteiger partial charge in [0.2, 0.25) is 0 Å². The van der Waals surface area contributed by atoms with Crippen LogP contribution in [0.5, 0.6) is 5.75 Å². The Kier molecular flexibility index (Phi) is 3.39. The highest BCUT2D eigenvalue weighted by molar-refractivity contribution is 5.74. The van der Waals surface area contributed by atoms with Gasteiger partial charge in [0.1, 0.15) is 17.1 Å². The first-order valence-corrected chi connectivity index (χ1v) is 7.29. The summed E-state index contributed by atoms with van der Waals surface area (Å²) in [7, 11) is 0. The molecule has 0 saturated carbocycles. The second kappa shape index (κ2) is 5.51. The van der Waals surface area contributed by atoms with Gasteiger partial charge in [0.25, 0.3) is 11.3 Å². The van der Waals surface area contributed by atoms with Crippen molar-refractivity contribution in [1.29, 1.82) is 0 Å². The summed E-state index contributed by atoms with van der Waals surface area (Å²) in [4.78, 5) is 16.8. The zero-order chi connectivity index (χ0) is 18.5. The quantitative estimate of drug-likeness (QED) is 0.542. The van der Waals surface area contributed by atoms with Crippen LogP contribution in [0.15, 0.2) is 41.3 Å². The van der Waals surface area contributed by atoms with E-state index in [-0.39, 0.29) is 17.0 Å². The predicted octanol–water partition coefficient (Wildman–Crippen LogP) is 2.03. The zero-order valence-corrected chi connectivity index (χ0v) is 13.1. The number of rotatable bonds is 2. The molecule has 0 aliphatic carbocycles. The van der Waals surface area contributed by atoms with E-state index in [1.165, 1.54) is 27.4 Å². The number of aryl methyl sites for hydroxylation is 1. The number of hydrogen-bond acceptors (Lipinski definition) is 6. The SMILES string of the molecule is Cc1nc2nnc3c(=O)n(-c4ccc(OC(F)(F)F)cc4)ccc3n2n1. The second-order valence-corrected chi connectivity index (χ2v) is 5.34. The molecule has 4 rings (SSSR count). The minimum atomic E-state index is -4.78. The average molecular weight is 362 g/mol. The minimum absolute atomic E-state index is 0.0560. The van der Waals surface area contributed by atoms with Crippen LogP contribution in [-0.4, -0.2) is 35.7 Å². The molecule has 132 valence electrons. The molecule has 0 spiro atoms. The number of benzene rings is 1. The van der Waals surface area contributed by atoms with Crippen molar-refractivity contribution in [2.24, 2.45) is 0 Å². The summed E-state index contributed by atoms with van der Waals surface area (Å²) in [6.45, 7) is 1.69. The smallest absolute Gasteiger partial charge is 0.406 e. The lowest BCUT2D eigenvalue weighted by Crippen LogP contribution is -2.20. The molecule has 0 radical (unpaired) electrons. The van der Waals surface area contributed by atoms with Crippen LogP contribution in [0.1, 0.15) is 5.82 Å². The Morgan fingerprint density at radius 3 is 2.50 bits per heavy atom. The fourth-order valence-corrected chi connectivity index (χ4v) is 2.52. The number of aromatic nitrogens is 6. The van der Waals surface area contributed by atoms with Crippen molar-refractivity contribution in [2.75, 3.05) is 0 Å². The molecule has 0 atom stereocenters. The fourth-order valence-electron chi connectivity index (χ4n) is 2.52. The number of ether oxygens (including phenoxy) is 1. The van der Waals surface area contributed by atoms with Gasteiger partial charge in [-0.05, 0) is 37.3 Å². The molecule has 0 saturated heterocycles. The third-order valence-electron chi connectivity index (χ3n) is 3.56. The van der Waals surface area contributed by atoms with E-state index in [1.807, 2.05) is 0 Å². The number of alkyl halides is 3. The molecule has 3 aromatic heterocycles. The van der Waals surface area contributed by atoms with Crippen molar-refractivity contribution < 1.29 is 17.9 Å². The van der Waals surface area contributed by atoms with Crippen LogP contribution >= 0.6 is 0 Å². The first-order chi connectivity index (χ1) is 12.3.